The van der Waals surface area contributed by atoms with Gasteiger partial charge in [-0.05, 0) is 41.9 Å². The van der Waals surface area contributed by atoms with E-state index in [2.05, 4.69) is 40.3 Å². The van der Waals surface area contributed by atoms with Crippen LogP contribution in [0.2, 0.25) is 0 Å². The predicted octanol–water partition coefficient (Wildman–Crippen LogP) is 3.28. The van der Waals surface area contributed by atoms with E-state index in [-0.39, 0.29) is 11.7 Å². The number of nitrogens with zero attached hydrogens (tertiary/aromatic N) is 2. The first-order chi connectivity index (χ1) is 10.2. The van der Waals surface area contributed by atoms with Crippen LogP contribution in [0.3, 0.4) is 0 Å². The molecule has 0 saturated carbocycles. The molecule has 4 rings (SSSR count). The van der Waals surface area contributed by atoms with Crippen molar-refractivity contribution in [3.63, 3.8) is 0 Å². The largest absolute Gasteiger partial charge is 0.301 e. The topological polar surface area (TPSA) is 31.9 Å². The summed E-state index contributed by atoms with van der Waals surface area (Å²) in [5.41, 5.74) is 4.60. The van der Waals surface area contributed by atoms with Crippen molar-refractivity contribution >= 4 is 10.9 Å². The molecule has 106 valence electrons. The second-order valence-electron chi connectivity index (χ2n) is 5.81. The SMILES string of the molecule is CN1Cc2cc(F)ccc2C(c2ccc3cn[nH]c3c2)C1. The molecule has 1 unspecified atom stereocenters. The van der Waals surface area contributed by atoms with Crippen molar-refractivity contribution in [3.8, 4) is 0 Å². The first-order valence-electron chi connectivity index (χ1n) is 7.10. The first-order valence-corrected chi connectivity index (χ1v) is 7.10. The highest BCUT2D eigenvalue weighted by Crippen LogP contribution is 2.34. The van der Waals surface area contributed by atoms with E-state index >= 15 is 0 Å². The highest BCUT2D eigenvalue weighted by Gasteiger charge is 2.25. The summed E-state index contributed by atoms with van der Waals surface area (Å²) < 4.78 is 13.5. The molecule has 3 aromatic rings. The van der Waals surface area contributed by atoms with Crippen LogP contribution in [-0.4, -0.2) is 28.7 Å². The molecule has 0 spiro atoms. The van der Waals surface area contributed by atoms with Gasteiger partial charge < -0.3 is 4.90 Å². The molecule has 1 aliphatic rings. The van der Waals surface area contributed by atoms with Gasteiger partial charge in [0.15, 0.2) is 0 Å². The van der Waals surface area contributed by atoms with E-state index in [9.17, 15) is 4.39 Å². The minimum atomic E-state index is -0.160. The fourth-order valence-corrected chi connectivity index (χ4v) is 3.27. The van der Waals surface area contributed by atoms with Crippen LogP contribution in [0.5, 0.6) is 0 Å². The van der Waals surface area contributed by atoms with Gasteiger partial charge in [0, 0.05) is 24.4 Å². The lowest BCUT2D eigenvalue weighted by molar-refractivity contribution is 0.294. The Balaban J connectivity index is 1.84. The van der Waals surface area contributed by atoms with Gasteiger partial charge >= 0.3 is 0 Å². The molecule has 1 aromatic heterocycles. The van der Waals surface area contributed by atoms with Crippen LogP contribution in [0.15, 0.2) is 42.6 Å². The zero-order chi connectivity index (χ0) is 14.4. The summed E-state index contributed by atoms with van der Waals surface area (Å²) in [7, 11) is 2.08. The molecule has 1 aliphatic heterocycles. The zero-order valence-electron chi connectivity index (χ0n) is 11.8. The van der Waals surface area contributed by atoms with Gasteiger partial charge in [-0.2, -0.15) is 5.10 Å². The maximum absolute atomic E-state index is 13.5. The Morgan fingerprint density at radius 1 is 1.24 bits per heavy atom. The van der Waals surface area contributed by atoms with E-state index < -0.39 is 0 Å². The van der Waals surface area contributed by atoms with Gasteiger partial charge in [-0.3, -0.25) is 5.10 Å². The highest BCUT2D eigenvalue weighted by molar-refractivity contribution is 5.78. The molecule has 3 nitrogen and oxygen atoms in total. The van der Waals surface area contributed by atoms with E-state index in [0.29, 0.717) is 0 Å². The number of hydrogen-bond acceptors (Lipinski definition) is 2. The van der Waals surface area contributed by atoms with Crippen LogP contribution >= 0.6 is 0 Å². The fourth-order valence-electron chi connectivity index (χ4n) is 3.27. The molecule has 0 saturated heterocycles. The molecule has 4 heteroatoms. The second kappa shape index (κ2) is 4.67. The van der Waals surface area contributed by atoms with Crippen LogP contribution in [0.1, 0.15) is 22.6 Å². The lowest BCUT2D eigenvalue weighted by Crippen LogP contribution is -2.31. The normalized spacial score (nSPS) is 18.9. The van der Waals surface area contributed by atoms with E-state index in [4.69, 9.17) is 0 Å². The van der Waals surface area contributed by atoms with Gasteiger partial charge in [-0.25, -0.2) is 4.39 Å². The third-order valence-electron chi connectivity index (χ3n) is 4.28. The molecular weight excluding hydrogens is 265 g/mol. The smallest absolute Gasteiger partial charge is 0.123 e. The first kappa shape index (κ1) is 12.5. The van der Waals surface area contributed by atoms with Crippen LogP contribution in [-0.2, 0) is 6.54 Å². The summed E-state index contributed by atoms with van der Waals surface area (Å²) >= 11 is 0. The van der Waals surface area contributed by atoms with Crippen LogP contribution in [0.4, 0.5) is 4.39 Å². The van der Waals surface area contributed by atoms with Crippen molar-refractivity contribution < 1.29 is 4.39 Å². The molecule has 0 radical (unpaired) electrons. The second-order valence-corrected chi connectivity index (χ2v) is 5.81. The molecule has 0 amide bonds. The maximum Gasteiger partial charge on any atom is 0.123 e. The lowest BCUT2D eigenvalue weighted by atomic mass is 9.84. The monoisotopic (exact) mass is 281 g/mol. The third kappa shape index (κ3) is 2.12. The average molecular weight is 281 g/mol. The summed E-state index contributed by atoms with van der Waals surface area (Å²) in [5, 5.41) is 8.21. The minimum absolute atomic E-state index is 0.160. The molecule has 21 heavy (non-hydrogen) atoms. The minimum Gasteiger partial charge on any atom is -0.301 e. The number of hydrogen-bond donors (Lipinski definition) is 1. The molecule has 2 aromatic carbocycles. The Kier molecular flexibility index (Phi) is 2.79. The maximum atomic E-state index is 13.5. The van der Waals surface area contributed by atoms with Crippen molar-refractivity contribution in [2.75, 3.05) is 13.6 Å². The van der Waals surface area contributed by atoms with Gasteiger partial charge in [-0.15, -0.1) is 0 Å². The van der Waals surface area contributed by atoms with Crippen molar-refractivity contribution in [1.29, 1.82) is 0 Å². The van der Waals surface area contributed by atoms with Gasteiger partial charge in [0.2, 0.25) is 0 Å². The summed E-state index contributed by atoms with van der Waals surface area (Å²) in [6.07, 6.45) is 1.83. The number of aromatic nitrogens is 2. The Morgan fingerprint density at radius 2 is 2.14 bits per heavy atom. The molecule has 0 bridgehead atoms. The standard InChI is InChI=1S/C17H16FN3/c1-21-9-13-6-14(18)4-5-15(13)16(10-21)11-2-3-12-8-19-20-17(12)7-11/h2-8,16H,9-10H2,1H3,(H,19,20). The number of likely N-dealkylation sites (N-methyl/N-ethyl adjacent to an activating group) is 1. The Bertz CT molecular complexity index is 809. The highest BCUT2D eigenvalue weighted by atomic mass is 19.1. The van der Waals surface area contributed by atoms with Gasteiger partial charge in [0.05, 0.1) is 11.7 Å². The third-order valence-corrected chi connectivity index (χ3v) is 4.28. The summed E-state index contributed by atoms with van der Waals surface area (Å²) in [5.74, 6) is 0.110. The summed E-state index contributed by atoms with van der Waals surface area (Å²) in [4.78, 5) is 2.24. The van der Waals surface area contributed by atoms with E-state index in [1.807, 2.05) is 12.3 Å². The van der Waals surface area contributed by atoms with Gasteiger partial charge in [-0.1, -0.05) is 18.2 Å². The number of benzene rings is 2. The van der Waals surface area contributed by atoms with Crippen molar-refractivity contribution in [2.45, 2.75) is 12.5 Å². The number of rotatable bonds is 1. The Morgan fingerprint density at radius 3 is 3.05 bits per heavy atom. The molecule has 1 N–H and O–H groups in total. The number of nitrogens with one attached hydrogen (secondary N) is 1. The lowest BCUT2D eigenvalue weighted by Gasteiger charge is -2.32. The van der Waals surface area contributed by atoms with Crippen LogP contribution in [0, 0.1) is 5.82 Å². The number of fused-ring (bicyclic) bond motifs is 2. The molecule has 0 aliphatic carbocycles. The summed E-state index contributed by atoms with van der Waals surface area (Å²) in [6, 6.07) is 11.5. The molecule has 1 atom stereocenters. The Hall–Kier alpha value is -2.20. The molecule has 2 heterocycles. The van der Waals surface area contributed by atoms with Crippen LogP contribution < -0.4 is 0 Å². The number of H-pyrrole nitrogens is 1. The fraction of sp³-hybridized carbons (Fsp3) is 0.235. The van der Waals surface area contributed by atoms with Gasteiger partial charge in [0.25, 0.3) is 0 Å². The Labute approximate surface area is 122 Å². The summed E-state index contributed by atoms with van der Waals surface area (Å²) in [6.45, 7) is 1.74. The van der Waals surface area contributed by atoms with Crippen molar-refractivity contribution in [3.05, 3.63) is 65.1 Å². The number of aromatic amines is 1. The number of halogens is 1. The zero-order valence-corrected chi connectivity index (χ0v) is 11.8. The quantitative estimate of drug-likeness (QED) is 0.742. The average Bonchev–Trinajstić information content (AvgIpc) is 2.93. The van der Waals surface area contributed by atoms with E-state index in [1.54, 1.807) is 12.1 Å². The van der Waals surface area contributed by atoms with E-state index in [0.717, 1.165) is 29.6 Å². The van der Waals surface area contributed by atoms with E-state index in [1.165, 1.54) is 11.1 Å². The van der Waals surface area contributed by atoms with Gasteiger partial charge in [0.1, 0.15) is 5.82 Å². The predicted molar refractivity (Wildman–Crippen MR) is 80.7 cm³/mol. The van der Waals surface area contributed by atoms with Crippen molar-refractivity contribution in [2.24, 2.45) is 0 Å². The van der Waals surface area contributed by atoms with Crippen LogP contribution in [0.25, 0.3) is 10.9 Å². The molecular formula is C17H16FN3. The molecule has 0 fully saturated rings. The van der Waals surface area contributed by atoms with Crippen molar-refractivity contribution in [1.82, 2.24) is 15.1 Å².